The topological polar surface area (TPSA) is 35.2 Å². The van der Waals surface area contributed by atoms with E-state index in [1.165, 1.54) is 5.56 Å². The van der Waals surface area contributed by atoms with Crippen molar-refractivity contribution in [1.29, 1.82) is 0 Å². The maximum Gasteiger partial charge on any atom is 0.130 e. The number of halogens is 1. The molecule has 0 aliphatic rings. The van der Waals surface area contributed by atoms with E-state index in [2.05, 4.69) is 41.9 Å². The van der Waals surface area contributed by atoms with E-state index in [9.17, 15) is 0 Å². The molecule has 20 heavy (non-hydrogen) atoms. The van der Waals surface area contributed by atoms with Crippen molar-refractivity contribution in [2.45, 2.75) is 26.2 Å². The van der Waals surface area contributed by atoms with Gasteiger partial charge >= 0.3 is 0 Å². The first kappa shape index (κ1) is 15.1. The Kier molecular flexibility index (Phi) is 5.21. The summed E-state index contributed by atoms with van der Waals surface area (Å²) in [5.74, 6) is 2.23. The second-order valence-corrected chi connectivity index (χ2v) is 6.00. The van der Waals surface area contributed by atoms with Crippen molar-refractivity contribution in [2.24, 2.45) is 5.73 Å². The molecule has 2 N–H and O–H groups in total. The van der Waals surface area contributed by atoms with Crippen LogP contribution in [0.15, 0.2) is 46.9 Å². The number of benzene rings is 2. The summed E-state index contributed by atoms with van der Waals surface area (Å²) in [5.41, 5.74) is 8.02. The van der Waals surface area contributed by atoms with E-state index in [1.54, 1.807) is 0 Å². The van der Waals surface area contributed by atoms with Crippen LogP contribution in [-0.4, -0.2) is 6.54 Å². The average Bonchev–Trinajstić information content (AvgIpc) is 2.42. The van der Waals surface area contributed by atoms with Crippen LogP contribution < -0.4 is 10.5 Å². The van der Waals surface area contributed by atoms with Gasteiger partial charge < -0.3 is 10.5 Å². The van der Waals surface area contributed by atoms with Gasteiger partial charge in [-0.2, -0.15) is 0 Å². The zero-order chi connectivity index (χ0) is 14.5. The van der Waals surface area contributed by atoms with Crippen molar-refractivity contribution in [2.75, 3.05) is 6.54 Å². The van der Waals surface area contributed by atoms with Crippen LogP contribution in [0.4, 0.5) is 0 Å². The molecule has 0 radical (unpaired) electrons. The minimum Gasteiger partial charge on any atom is -0.457 e. The van der Waals surface area contributed by atoms with E-state index >= 15 is 0 Å². The summed E-state index contributed by atoms with van der Waals surface area (Å²) in [6.45, 7) is 4.95. The number of hydrogen-bond acceptors (Lipinski definition) is 2. The molecule has 106 valence electrons. The lowest BCUT2D eigenvalue weighted by atomic mass is 10.0. The zero-order valence-corrected chi connectivity index (χ0v) is 13.5. The van der Waals surface area contributed by atoms with Crippen molar-refractivity contribution in [3.63, 3.8) is 0 Å². The molecule has 0 saturated carbocycles. The zero-order valence-electron chi connectivity index (χ0n) is 11.9. The summed E-state index contributed by atoms with van der Waals surface area (Å²) < 4.78 is 7.18. The molecule has 3 heteroatoms. The molecule has 2 nitrogen and oxygen atoms in total. The van der Waals surface area contributed by atoms with Gasteiger partial charge in [0.25, 0.3) is 0 Å². The lowest BCUT2D eigenvalue weighted by Crippen LogP contribution is -2.04. The summed E-state index contributed by atoms with van der Waals surface area (Å²) in [7, 11) is 0. The summed E-state index contributed by atoms with van der Waals surface area (Å²) >= 11 is 3.49. The van der Waals surface area contributed by atoms with Gasteiger partial charge in [-0.05, 0) is 54.3 Å². The highest BCUT2D eigenvalue weighted by molar-refractivity contribution is 9.10. The van der Waals surface area contributed by atoms with E-state index in [4.69, 9.17) is 10.5 Å². The second-order valence-electron chi connectivity index (χ2n) is 5.09. The van der Waals surface area contributed by atoms with Crippen LogP contribution in [-0.2, 0) is 6.42 Å². The lowest BCUT2D eigenvalue weighted by Gasteiger charge is -2.16. The predicted molar refractivity (Wildman–Crippen MR) is 87.5 cm³/mol. The van der Waals surface area contributed by atoms with Crippen LogP contribution in [0.1, 0.15) is 30.9 Å². The highest BCUT2D eigenvalue weighted by atomic mass is 79.9. The van der Waals surface area contributed by atoms with Crippen LogP contribution in [0, 0.1) is 0 Å². The van der Waals surface area contributed by atoms with E-state index in [0.717, 1.165) is 28.0 Å². The summed E-state index contributed by atoms with van der Waals surface area (Å²) in [6.07, 6.45) is 0.804. The third-order valence-electron chi connectivity index (χ3n) is 3.20. The standard InChI is InChI=1S/C17H20BrNO/c1-12(2)15-5-3-4-6-17(15)20-16-8-7-14(18)11-13(16)9-10-19/h3-8,11-12H,9-10,19H2,1-2H3. The van der Waals surface area contributed by atoms with Gasteiger partial charge in [-0.1, -0.05) is 48.0 Å². The number of hydrogen-bond donors (Lipinski definition) is 1. The van der Waals surface area contributed by atoms with E-state index < -0.39 is 0 Å². The molecule has 0 fully saturated rings. The van der Waals surface area contributed by atoms with Gasteiger partial charge in [-0.3, -0.25) is 0 Å². The van der Waals surface area contributed by atoms with Gasteiger partial charge in [0.05, 0.1) is 0 Å². The Balaban J connectivity index is 2.35. The van der Waals surface area contributed by atoms with Crippen molar-refractivity contribution < 1.29 is 4.74 Å². The Morgan fingerprint density at radius 1 is 1.10 bits per heavy atom. The number of para-hydroxylation sites is 1. The van der Waals surface area contributed by atoms with Gasteiger partial charge in [-0.25, -0.2) is 0 Å². The molecule has 0 unspecified atom stereocenters. The number of nitrogens with two attached hydrogens (primary N) is 1. The smallest absolute Gasteiger partial charge is 0.130 e. The molecule has 0 spiro atoms. The fraction of sp³-hybridized carbons (Fsp3) is 0.294. The van der Waals surface area contributed by atoms with Crippen molar-refractivity contribution in [3.8, 4) is 11.5 Å². The lowest BCUT2D eigenvalue weighted by molar-refractivity contribution is 0.467. The Labute approximate surface area is 129 Å². The van der Waals surface area contributed by atoms with Gasteiger partial charge in [-0.15, -0.1) is 0 Å². The molecule has 0 bridgehead atoms. The predicted octanol–water partition coefficient (Wildman–Crippen LogP) is 4.87. The maximum atomic E-state index is 6.13. The minimum absolute atomic E-state index is 0.430. The van der Waals surface area contributed by atoms with Gasteiger partial charge in [0.2, 0.25) is 0 Å². The molecule has 0 saturated heterocycles. The van der Waals surface area contributed by atoms with E-state index in [0.29, 0.717) is 12.5 Å². The number of rotatable bonds is 5. The molecule has 0 aliphatic heterocycles. The highest BCUT2D eigenvalue weighted by Crippen LogP contribution is 2.33. The molecular formula is C17H20BrNO. The molecule has 2 aromatic rings. The number of ether oxygens (including phenoxy) is 1. The SMILES string of the molecule is CC(C)c1ccccc1Oc1ccc(Br)cc1CCN. The van der Waals surface area contributed by atoms with Crippen LogP contribution >= 0.6 is 15.9 Å². The van der Waals surface area contributed by atoms with Crippen LogP contribution in [0.2, 0.25) is 0 Å². The average molecular weight is 334 g/mol. The fourth-order valence-corrected chi connectivity index (χ4v) is 2.58. The summed E-state index contributed by atoms with van der Waals surface area (Å²) in [5, 5.41) is 0. The normalized spacial score (nSPS) is 10.8. The largest absolute Gasteiger partial charge is 0.457 e. The first-order valence-corrected chi connectivity index (χ1v) is 7.66. The quantitative estimate of drug-likeness (QED) is 0.847. The Morgan fingerprint density at radius 2 is 1.85 bits per heavy atom. The minimum atomic E-state index is 0.430. The molecule has 0 atom stereocenters. The van der Waals surface area contributed by atoms with Crippen molar-refractivity contribution >= 4 is 15.9 Å². The highest BCUT2D eigenvalue weighted by Gasteiger charge is 2.10. The van der Waals surface area contributed by atoms with E-state index in [1.807, 2.05) is 30.3 Å². The first-order chi connectivity index (χ1) is 9.61. The Bertz CT molecular complexity index is 581. The van der Waals surface area contributed by atoms with Crippen molar-refractivity contribution in [1.82, 2.24) is 0 Å². The van der Waals surface area contributed by atoms with E-state index in [-0.39, 0.29) is 0 Å². The summed E-state index contributed by atoms with van der Waals surface area (Å²) in [4.78, 5) is 0. The van der Waals surface area contributed by atoms with Crippen LogP contribution in [0.3, 0.4) is 0 Å². The molecule has 0 amide bonds. The monoisotopic (exact) mass is 333 g/mol. The third kappa shape index (κ3) is 3.62. The first-order valence-electron chi connectivity index (χ1n) is 6.87. The molecule has 0 aliphatic carbocycles. The van der Waals surface area contributed by atoms with Crippen LogP contribution in [0.5, 0.6) is 11.5 Å². The molecule has 2 rings (SSSR count). The molecule has 2 aromatic carbocycles. The van der Waals surface area contributed by atoms with Crippen LogP contribution in [0.25, 0.3) is 0 Å². The fourth-order valence-electron chi connectivity index (χ4n) is 2.17. The molecular weight excluding hydrogens is 314 g/mol. The van der Waals surface area contributed by atoms with Gasteiger partial charge in [0.1, 0.15) is 11.5 Å². The third-order valence-corrected chi connectivity index (χ3v) is 3.69. The van der Waals surface area contributed by atoms with Crippen molar-refractivity contribution in [3.05, 3.63) is 58.1 Å². The van der Waals surface area contributed by atoms with Gasteiger partial charge in [0, 0.05) is 4.47 Å². The second kappa shape index (κ2) is 6.91. The Morgan fingerprint density at radius 3 is 2.55 bits per heavy atom. The molecule has 0 heterocycles. The Hall–Kier alpha value is -1.32. The molecule has 0 aromatic heterocycles. The summed E-state index contributed by atoms with van der Waals surface area (Å²) in [6, 6.07) is 14.2. The maximum absolute atomic E-state index is 6.13. The van der Waals surface area contributed by atoms with Gasteiger partial charge in [0.15, 0.2) is 0 Å².